The summed E-state index contributed by atoms with van der Waals surface area (Å²) in [5.74, 6) is -0.0125. The maximum absolute atomic E-state index is 12.2. The third-order valence-corrected chi connectivity index (χ3v) is 4.90. The van der Waals surface area contributed by atoms with Crippen molar-refractivity contribution in [3.8, 4) is 5.75 Å². The van der Waals surface area contributed by atoms with Crippen LogP contribution in [-0.2, 0) is 27.2 Å². The molecule has 29 heavy (non-hydrogen) atoms. The molecule has 0 spiro atoms. The number of benzene rings is 1. The van der Waals surface area contributed by atoms with Gasteiger partial charge in [0.15, 0.2) is 0 Å². The van der Waals surface area contributed by atoms with Crippen molar-refractivity contribution in [3.63, 3.8) is 0 Å². The molecule has 10 heteroatoms. The van der Waals surface area contributed by atoms with E-state index in [-0.39, 0.29) is 25.4 Å². The van der Waals surface area contributed by atoms with Gasteiger partial charge < -0.3 is 19.3 Å². The Labute approximate surface area is 174 Å². The minimum absolute atomic E-state index is 0.0437. The number of fused-ring (bicyclic) bond motifs is 1. The van der Waals surface area contributed by atoms with Crippen LogP contribution in [0.1, 0.15) is 38.8 Å². The van der Waals surface area contributed by atoms with Gasteiger partial charge in [0.1, 0.15) is 17.9 Å². The number of hydrogen-bond donors (Lipinski definition) is 1. The zero-order valence-corrected chi connectivity index (χ0v) is 17.8. The molecule has 0 aliphatic carbocycles. The van der Waals surface area contributed by atoms with Gasteiger partial charge in [-0.15, -0.1) is 0 Å². The molecule has 9 nitrogen and oxygen atoms in total. The topological polar surface area (TPSA) is 106 Å². The van der Waals surface area contributed by atoms with E-state index in [9.17, 15) is 19.5 Å². The summed E-state index contributed by atoms with van der Waals surface area (Å²) in [6.45, 7) is 6.92. The number of carbonyl (C=O) groups is 3. The number of para-hydroxylation sites is 1. The van der Waals surface area contributed by atoms with Crippen LogP contribution in [-0.4, -0.2) is 57.2 Å². The van der Waals surface area contributed by atoms with E-state index < -0.39 is 24.7 Å². The summed E-state index contributed by atoms with van der Waals surface area (Å²) < 4.78 is 17.6. The second-order valence-corrected chi connectivity index (χ2v) is 7.93. The third kappa shape index (κ3) is 6.18. The maximum Gasteiger partial charge on any atom is 0.421 e. The summed E-state index contributed by atoms with van der Waals surface area (Å²) in [5, 5.41) is 9.65. The van der Waals surface area contributed by atoms with Crippen LogP contribution < -0.4 is 4.74 Å². The fourth-order valence-corrected chi connectivity index (χ4v) is 3.64. The Bertz CT molecular complexity index is 769. The molecule has 0 bridgehead atoms. The van der Waals surface area contributed by atoms with Crippen molar-refractivity contribution in [1.29, 1.82) is 0 Å². The molecule has 2 rings (SSSR count). The van der Waals surface area contributed by atoms with Crippen LogP contribution in [0.2, 0.25) is 0 Å². The molecule has 0 unspecified atom stereocenters. The van der Waals surface area contributed by atoms with E-state index >= 15 is 0 Å². The van der Waals surface area contributed by atoms with Crippen molar-refractivity contribution < 1.29 is 33.7 Å². The normalized spacial score (nSPS) is 13.8. The Balaban J connectivity index is 2.20. The molecule has 1 aliphatic heterocycles. The molecule has 1 aliphatic rings. The zero-order chi connectivity index (χ0) is 21.6. The fourth-order valence-electron chi connectivity index (χ4n) is 2.86. The third-order valence-electron chi connectivity index (χ3n) is 3.95. The van der Waals surface area contributed by atoms with Gasteiger partial charge in [0.05, 0.1) is 31.9 Å². The number of carboxylic acid groups (broad SMARTS) is 1. The van der Waals surface area contributed by atoms with Crippen LogP contribution in [0.4, 0.5) is 9.59 Å². The number of esters is 1. The van der Waals surface area contributed by atoms with E-state index in [4.69, 9.17) is 14.2 Å². The van der Waals surface area contributed by atoms with Gasteiger partial charge in [0.25, 0.3) is 0 Å². The first-order chi connectivity index (χ1) is 13.7. The zero-order valence-electron chi connectivity index (χ0n) is 17.0. The van der Waals surface area contributed by atoms with Crippen molar-refractivity contribution >= 4 is 30.3 Å². The molecule has 0 radical (unpaired) electrons. The predicted octanol–water partition coefficient (Wildman–Crippen LogP) is 3.46. The van der Waals surface area contributed by atoms with Crippen LogP contribution in [0.3, 0.4) is 0 Å². The highest BCUT2D eigenvalue weighted by atomic mass is 32.2. The number of nitrogens with zero attached hydrogens (tertiary/aromatic N) is 2. The molecule has 0 atom stereocenters. The number of hydrogen-bond acceptors (Lipinski definition) is 7. The lowest BCUT2D eigenvalue weighted by Gasteiger charge is -2.26. The monoisotopic (exact) mass is 426 g/mol. The van der Waals surface area contributed by atoms with Gasteiger partial charge in [-0.1, -0.05) is 18.2 Å². The van der Waals surface area contributed by atoms with Crippen LogP contribution >= 0.6 is 12.1 Å². The molecule has 0 fully saturated rings. The smallest absolute Gasteiger partial charge is 0.421 e. The lowest BCUT2D eigenvalue weighted by Crippen LogP contribution is -2.37. The maximum atomic E-state index is 12.2. The Kier molecular flexibility index (Phi) is 7.60. The molecule has 1 N–H and O–H groups in total. The lowest BCUT2D eigenvalue weighted by atomic mass is 10.0. The van der Waals surface area contributed by atoms with Gasteiger partial charge >= 0.3 is 18.2 Å². The molecule has 0 aromatic heterocycles. The molecule has 1 aromatic rings. The van der Waals surface area contributed by atoms with Crippen LogP contribution in [0.5, 0.6) is 5.75 Å². The number of rotatable bonds is 8. The predicted molar refractivity (Wildman–Crippen MR) is 106 cm³/mol. The quantitative estimate of drug-likeness (QED) is 0.498. The molecule has 0 saturated heterocycles. The largest absolute Gasteiger partial charge is 0.487 e. The highest BCUT2D eigenvalue weighted by Crippen LogP contribution is 2.38. The fraction of sp³-hybridized carbons (Fsp3) is 0.526. The van der Waals surface area contributed by atoms with E-state index in [0.717, 1.165) is 14.2 Å². The van der Waals surface area contributed by atoms with Crippen LogP contribution in [0, 0.1) is 0 Å². The molecular weight excluding hydrogens is 400 g/mol. The van der Waals surface area contributed by atoms with E-state index in [1.165, 1.54) is 0 Å². The average Bonchev–Trinajstić information content (AvgIpc) is 2.95. The SMILES string of the molecule is CCOC(=O)CN(SN(Cc1cccc2c1OC(C)(C)C2)C(=O)O)C(=O)OCC. The van der Waals surface area contributed by atoms with Gasteiger partial charge in [0.2, 0.25) is 0 Å². The van der Waals surface area contributed by atoms with Gasteiger partial charge in [-0.3, -0.25) is 4.79 Å². The standard InChI is InChI=1S/C19H26N2O7S/c1-5-26-15(22)12-21(18(25)27-6-2)29-20(17(23)24)11-14-9-7-8-13-10-19(3,4)28-16(13)14/h7-9H,5-6,10-12H2,1-4H3,(H,23,24). The Morgan fingerprint density at radius 3 is 2.48 bits per heavy atom. The summed E-state index contributed by atoms with van der Waals surface area (Å²) in [6, 6.07) is 5.56. The van der Waals surface area contributed by atoms with Crippen LogP contribution in [0.25, 0.3) is 0 Å². The first-order valence-corrected chi connectivity index (χ1v) is 9.98. The highest BCUT2D eigenvalue weighted by Gasteiger charge is 2.33. The first kappa shape index (κ1) is 22.7. The Hall–Kier alpha value is -2.62. The minimum atomic E-state index is -1.27. The van der Waals surface area contributed by atoms with Gasteiger partial charge in [-0.05, 0) is 33.3 Å². The molecule has 1 aromatic carbocycles. The summed E-state index contributed by atoms with van der Waals surface area (Å²) in [5.41, 5.74) is 1.29. The second kappa shape index (κ2) is 9.73. The van der Waals surface area contributed by atoms with Crippen molar-refractivity contribution in [1.82, 2.24) is 8.61 Å². The van der Waals surface area contributed by atoms with Crippen molar-refractivity contribution in [2.75, 3.05) is 19.8 Å². The first-order valence-electron chi connectivity index (χ1n) is 9.25. The molecular formula is C19H26N2O7S. The molecule has 1 heterocycles. The van der Waals surface area contributed by atoms with Gasteiger partial charge in [-0.25, -0.2) is 18.2 Å². The number of ether oxygens (including phenoxy) is 3. The second-order valence-electron chi connectivity index (χ2n) is 6.89. The van der Waals surface area contributed by atoms with E-state index in [0.29, 0.717) is 29.9 Å². The van der Waals surface area contributed by atoms with Crippen molar-refractivity contribution in [2.24, 2.45) is 0 Å². The highest BCUT2D eigenvalue weighted by molar-refractivity contribution is 7.95. The average molecular weight is 426 g/mol. The van der Waals surface area contributed by atoms with Crippen LogP contribution in [0.15, 0.2) is 18.2 Å². The van der Waals surface area contributed by atoms with E-state index in [1.807, 2.05) is 26.0 Å². The summed E-state index contributed by atoms with van der Waals surface area (Å²) >= 11 is 0.577. The molecule has 0 saturated carbocycles. The summed E-state index contributed by atoms with van der Waals surface area (Å²) in [6.07, 6.45) is -1.38. The molecule has 160 valence electrons. The van der Waals surface area contributed by atoms with E-state index in [2.05, 4.69) is 0 Å². The summed E-state index contributed by atoms with van der Waals surface area (Å²) in [7, 11) is 0. The van der Waals surface area contributed by atoms with Crippen molar-refractivity contribution in [3.05, 3.63) is 29.3 Å². The molecule has 2 amide bonds. The summed E-state index contributed by atoms with van der Waals surface area (Å²) in [4.78, 5) is 35.9. The Morgan fingerprint density at radius 1 is 1.17 bits per heavy atom. The number of carbonyl (C=O) groups excluding carboxylic acids is 2. The minimum Gasteiger partial charge on any atom is -0.487 e. The number of amides is 2. The van der Waals surface area contributed by atoms with E-state index in [1.54, 1.807) is 19.9 Å². The van der Waals surface area contributed by atoms with Crippen molar-refractivity contribution in [2.45, 2.75) is 46.3 Å². The van der Waals surface area contributed by atoms with Gasteiger partial charge in [0, 0.05) is 12.0 Å². The Morgan fingerprint density at radius 2 is 1.86 bits per heavy atom. The van der Waals surface area contributed by atoms with Gasteiger partial charge in [-0.2, -0.15) is 0 Å². The lowest BCUT2D eigenvalue weighted by molar-refractivity contribution is -0.143.